The Bertz CT molecular complexity index is 1960. The van der Waals surface area contributed by atoms with Gasteiger partial charge in [-0.25, -0.2) is 19.9 Å². The molecule has 4 aromatic rings. The summed E-state index contributed by atoms with van der Waals surface area (Å²) in [6.45, 7) is 16.8. The van der Waals surface area contributed by atoms with Crippen molar-refractivity contribution in [3.8, 4) is 0 Å². The second kappa shape index (κ2) is 15.7. The molecule has 9 nitrogen and oxygen atoms in total. The predicted molar refractivity (Wildman–Crippen MR) is 209 cm³/mol. The molecule has 0 atom stereocenters. The number of thiophene rings is 2. The van der Waals surface area contributed by atoms with Gasteiger partial charge in [0.15, 0.2) is 0 Å². The third-order valence-corrected chi connectivity index (χ3v) is 14.2. The van der Waals surface area contributed by atoms with Gasteiger partial charge in [0.05, 0.1) is 23.6 Å². The van der Waals surface area contributed by atoms with Gasteiger partial charge in [0.1, 0.15) is 34.0 Å². The highest BCUT2D eigenvalue weighted by molar-refractivity contribution is 7.19. The van der Waals surface area contributed by atoms with Crippen LogP contribution in [0.3, 0.4) is 0 Å². The molecule has 0 saturated carbocycles. The van der Waals surface area contributed by atoms with Gasteiger partial charge in [0.25, 0.3) is 0 Å². The highest BCUT2D eigenvalue weighted by Crippen LogP contribution is 2.46. The summed E-state index contributed by atoms with van der Waals surface area (Å²) in [5, 5.41) is 1.51. The molecule has 0 unspecified atom stereocenters. The molecule has 0 radical (unpaired) electrons. The van der Waals surface area contributed by atoms with Gasteiger partial charge in [-0.15, -0.1) is 22.7 Å². The number of aromatic nitrogens is 4. The summed E-state index contributed by atoms with van der Waals surface area (Å²) in [4.78, 5) is 28.7. The largest absolute Gasteiger partial charge is 0.393 e. The summed E-state index contributed by atoms with van der Waals surface area (Å²) >= 11 is 2.24. The van der Waals surface area contributed by atoms with Crippen LogP contribution < -0.4 is 9.80 Å². The van der Waals surface area contributed by atoms with Crippen molar-refractivity contribution in [1.29, 1.82) is 0 Å². The molecule has 0 bridgehead atoms. The van der Waals surface area contributed by atoms with Crippen LogP contribution >= 0.6 is 22.7 Å². The van der Waals surface area contributed by atoms with Crippen molar-refractivity contribution in [2.75, 3.05) is 88.5 Å². The highest BCUT2D eigenvalue weighted by Gasteiger charge is 2.48. The number of fused-ring (bicyclic) bond motifs is 2. The van der Waals surface area contributed by atoms with Crippen molar-refractivity contribution in [3.63, 3.8) is 0 Å². The zero-order chi connectivity index (χ0) is 39.3. The van der Waals surface area contributed by atoms with Crippen LogP contribution in [0.2, 0.25) is 0 Å². The first-order valence-electron chi connectivity index (χ1n) is 19.7. The highest BCUT2D eigenvalue weighted by atomic mass is 32.1. The van der Waals surface area contributed by atoms with Gasteiger partial charge in [-0.05, 0) is 69.2 Å². The Balaban J connectivity index is 0.000000159. The fourth-order valence-corrected chi connectivity index (χ4v) is 11.6. The van der Waals surface area contributed by atoms with Crippen LogP contribution in [0.5, 0.6) is 0 Å². The van der Waals surface area contributed by atoms with Crippen LogP contribution in [-0.4, -0.2) is 121 Å². The van der Waals surface area contributed by atoms with E-state index < -0.39 is 25.2 Å². The van der Waals surface area contributed by atoms with Crippen LogP contribution in [-0.2, 0) is 17.6 Å². The first-order valence-corrected chi connectivity index (χ1v) is 21.4. The molecule has 9 heterocycles. The van der Waals surface area contributed by atoms with Crippen molar-refractivity contribution < 1.29 is 31.1 Å². The van der Waals surface area contributed by atoms with E-state index in [1.54, 1.807) is 12.1 Å². The second-order valence-electron chi connectivity index (χ2n) is 17.3. The van der Waals surface area contributed by atoms with Gasteiger partial charge in [-0.1, -0.05) is 13.8 Å². The van der Waals surface area contributed by atoms with E-state index >= 15 is 0 Å². The lowest BCUT2D eigenvalue weighted by Gasteiger charge is -2.54. The lowest BCUT2D eigenvalue weighted by molar-refractivity contribution is -0.127. The Morgan fingerprint density at radius 1 is 0.696 bits per heavy atom. The Hall–Kier alpha value is -2.86. The average molecular weight is 825 g/mol. The summed E-state index contributed by atoms with van der Waals surface area (Å²) in [7, 11) is 0. The molecule has 5 saturated heterocycles. The molecule has 5 aliphatic rings. The fraction of sp³-hybridized carbons (Fsp3) is 0.692. The van der Waals surface area contributed by atoms with Gasteiger partial charge in [0, 0.05) is 86.2 Å². The van der Waals surface area contributed by atoms with Gasteiger partial charge < -0.3 is 24.3 Å². The Kier molecular flexibility index (Phi) is 11.2. The molecular formula is C39H50F6N8OS2. The molecule has 4 aromatic heterocycles. The number of hydrogen-bond donors (Lipinski definition) is 0. The second-order valence-corrected chi connectivity index (χ2v) is 19.5. The van der Waals surface area contributed by atoms with E-state index in [1.165, 1.54) is 44.9 Å². The maximum absolute atomic E-state index is 12.8. The quantitative estimate of drug-likeness (QED) is 0.164. The molecule has 0 aliphatic carbocycles. The van der Waals surface area contributed by atoms with E-state index in [1.807, 2.05) is 0 Å². The number of alkyl halides is 6. The summed E-state index contributed by atoms with van der Waals surface area (Å²) < 4.78 is 81.9. The monoisotopic (exact) mass is 824 g/mol. The van der Waals surface area contributed by atoms with E-state index in [0.29, 0.717) is 36.2 Å². The average Bonchev–Trinajstić information content (AvgIpc) is 3.83. The van der Waals surface area contributed by atoms with E-state index in [9.17, 15) is 26.3 Å². The van der Waals surface area contributed by atoms with E-state index in [2.05, 4.69) is 53.4 Å². The van der Waals surface area contributed by atoms with Gasteiger partial charge in [0.2, 0.25) is 0 Å². The lowest BCUT2D eigenvalue weighted by Crippen LogP contribution is -2.61. The summed E-state index contributed by atoms with van der Waals surface area (Å²) in [6, 6.07) is 3.25. The SMILES string of the molecule is CC(C)CN1CC2(CCN(c3ncnc4sc(CC(F)(F)F)cc34)C2)C1.FC(F)(F)Cc1cc2c(N3CC4(CCN(CC5CCOCC5)CC4)C3)ncnc2s1. The summed E-state index contributed by atoms with van der Waals surface area (Å²) in [6.07, 6.45) is -1.41. The molecular weight excluding hydrogens is 775 g/mol. The normalized spacial score (nSPS) is 21.9. The van der Waals surface area contributed by atoms with Gasteiger partial charge in [-0.3, -0.25) is 0 Å². The molecule has 5 aliphatic heterocycles. The molecule has 17 heteroatoms. The van der Waals surface area contributed by atoms with Crippen LogP contribution in [0.4, 0.5) is 38.0 Å². The molecule has 0 amide bonds. The number of ether oxygens (including phenoxy) is 1. The van der Waals surface area contributed by atoms with Crippen LogP contribution in [0, 0.1) is 22.7 Å². The molecule has 2 spiro atoms. The van der Waals surface area contributed by atoms with Crippen LogP contribution in [0.15, 0.2) is 24.8 Å². The molecule has 5 fully saturated rings. The Morgan fingerprint density at radius 3 is 1.75 bits per heavy atom. The fourth-order valence-electron chi connectivity index (χ4n) is 9.51. The van der Waals surface area contributed by atoms with Crippen molar-refractivity contribution in [2.24, 2.45) is 22.7 Å². The molecule has 0 aromatic carbocycles. The van der Waals surface area contributed by atoms with Crippen LogP contribution in [0.1, 0.15) is 55.7 Å². The standard InChI is InChI=1S/C21H27F3N4OS.C18H23F3N4S/c22-21(23,24)10-16-9-17-18(25-14-26-19(17)30-16)28-12-20(13-28)3-5-27(6-4-20)11-15-1-7-29-8-2-15;1-12(2)7-24-8-17(9-24)3-4-25(10-17)15-14-5-13(6-18(19,20)21)26-16(14)23-11-22-15/h9,14-15H,1-8,10-13H2;5,11-12H,3-4,6-10H2,1-2H3. The third-order valence-electron chi connectivity index (χ3n) is 12.1. The zero-order valence-electron chi connectivity index (χ0n) is 32.0. The van der Waals surface area contributed by atoms with Gasteiger partial charge >= 0.3 is 12.4 Å². The molecule has 9 rings (SSSR count). The van der Waals surface area contributed by atoms with Crippen LogP contribution in [0.25, 0.3) is 20.4 Å². The predicted octanol–water partition coefficient (Wildman–Crippen LogP) is 8.09. The van der Waals surface area contributed by atoms with Crippen molar-refractivity contribution in [1.82, 2.24) is 29.7 Å². The maximum Gasteiger partial charge on any atom is 0.393 e. The minimum Gasteiger partial charge on any atom is -0.381 e. The molecule has 56 heavy (non-hydrogen) atoms. The number of anilines is 2. The first-order chi connectivity index (χ1) is 26.6. The zero-order valence-corrected chi connectivity index (χ0v) is 33.6. The number of nitrogens with zero attached hydrogens (tertiary/aromatic N) is 8. The number of rotatable bonds is 8. The van der Waals surface area contributed by atoms with Crippen molar-refractivity contribution >= 4 is 54.7 Å². The summed E-state index contributed by atoms with van der Waals surface area (Å²) in [5.74, 6) is 3.02. The number of halogens is 6. The van der Waals surface area contributed by atoms with E-state index in [-0.39, 0.29) is 0 Å². The van der Waals surface area contributed by atoms with Crippen molar-refractivity contribution in [3.05, 3.63) is 34.5 Å². The minimum absolute atomic E-state index is 0.301. The number of hydrogen-bond acceptors (Lipinski definition) is 11. The topological polar surface area (TPSA) is 73.8 Å². The Morgan fingerprint density at radius 2 is 1.21 bits per heavy atom. The lowest BCUT2D eigenvalue weighted by atomic mass is 9.71. The molecule has 306 valence electrons. The minimum atomic E-state index is -4.20. The Labute approximate surface area is 331 Å². The third kappa shape index (κ3) is 9.21. The number of likely N-dealkylation sites (tertiary alicyclic amines) is 2. The van der Waals surface area contributed by atoms with E-state index in [4.69, 9.17) is 4.74 Å². The number of piperidine rings is 1. The maximum atomic E-state index is 12.8. The molecule has 0 N–H and O–H groups in total. The van der Waals surface area contributed by atoms with Crippen molar-refractivity contribution in [2.45, 2.75) is 71.1 Å². The van der Waals surface area contributed by atoms with Gasteiger partial charge in [-0.2, -0.15) is 26.3 Å². The first kappa shape index (κ1) is 39.9. The summed E-state index contributed by atoms with van der Waals surface area (Å²) in [5.41, 5.74) is 0.644. The van der Waals surface area contributed by atoms with E-state index in [0.717, 1.165) is 130 Å². The smallest absolute Gasteiger partial charge is 0.381 e.